The van der Waals surface area contributed by atoms with Gasteiger partial charge in [-0.25, -0.2) is 9.97 Å². The zero-order chi connectivity index (χ0) is 19.1. The van der Waals surface area contributed by atoms with Gasteiger partial charge in [-0.2, -0.15) is 0 Å². The molecule has 5 nitrogen and oxygen atoms in total. The highest BCUT2D eigenvalue weighted by Gasteiger charge is 2.16. The quantitative estimate of drug-likeness (QED) is 0.365. The summed E-state index contributed by atoms with van der Waals surface area (Å²) in [5.41, 5.74) is 5.33. The number of fused-ring (bicyclic) bond motifs is 3. The van der Waals surface area contributed by atoms with Gasteiger partial charge in [0.25, 0.3) is 0 Å². The second-order valence-electron chi connectivity index (χ2n) is 6.76. The third-order valence-corrected chi connectivity index (χ3v) is 5.02. The van der Waals surface area contributed by atoms with Crippen LogP contribution < -0.4 is 0 Å². The largest absolute Gasteiger partial charge is 0.333 e. The van der Waals surface area contributed by atoms with Crippen LogP contribution in [0.2, 0.25) is 5.15 Å². The van der Waals surface area contributed by atoms with E-state index in [-0.39, 0.29) is 5.78 Å². The molecule has 6 heteroatoms. The Bertz CT molecular complexity index is 1200. The molecule has 0 atom stereocenters. The minimum absolute atomic E-state index is 0.0764. The van der Waals surface area contributed by atoms with E-state index in [2.05, 4.69) is 21.0 Å². The maximum absolute atomic E-state index is 12.2. The molecule has 0 aliphatic rings. The van der Waals surface area contributed by atoms with E-state index in [4.69, 9.17) is 11.6 Å². The number of carbonyl (C=O) groups excluding carboxylic acids is 1. The average molecular weight is 379 g/mol. The molecule has 0 saturated heterocycles. The minimum Gasteiger partial charge on any atom is -0.333 e. The summed E-state index contributed by atoms with van der Waals surface area (Å²) in [6, 6.07) is 5.79. The first kappa shape index (κ1) is 17.6. The molecule has 0 spiro atoms. The van der Waals surface area contributed by atoms with Gasteiger partial charge in [-0.1, -0.05) is 18.5 Å². The number of benzene rings is 1. The van der Waals surface area contributed by atoms with Gasteiger partial charge in [0.15, 0.2) is 5.78 Å². The Hall–Kier alpha value is -2.79. The number of hydrogen-bond donors (Lipinski definition) is 0. The molecule has 0 unspecified atom stereocenters. The second-order valence-corrected chi connectivity index (χ2v) is 7.15. The molecular weight excluding hydrogens is 360 g/mol. The number of aryl methyl sites for hydroxylation is 2. The van der Waals surface area contributed by atoms with Crippen molar-refractivity contribution < 1.29 is 4.79 Å². The zero-order valence-electron chi connectivity index (χ0n) is 15.5. The van der Waals surface area contributed by atoms with Crippen LogP contribution in [0.25, 0.3) is 32.9 Å². The highest BCUT2D eigenvalue weighted by molar-refractivity contribution is 6.30. The molecule has 0 amide bonds. The summed E-state index contributed by atoms with van der Waals surface area (Å²) in [5.74, 6) is 0.0764. The number of ketones is 1. The summed E-state index contributed by atoms with van der Waals surface area (Å²) >= 11 is 6.11. The van der Waals surface area contributed by atoms with Crippen molar-refractivity contribution in [3.63, 3.8) is 0 Å². The van der Waals surface area contributed by atoms with Crippen LogP contribution in [0.5, 0.6) is 0 Å². The number of pyridine rings is 2. The number of imidazole rings is 1. The molecule has 1 aromatic carbocycles. The van der Waals surface area contributed by atoms with E-state index < -0.39 is 0 Å². The number of hydrogen-bond acceptors (Lipinski definition) is 4. The first-order chi connectivity index (χ1) is 13.0. The third kappa shape index (κ3) is 2.98. The van der Waals surface area contributed by atoms with Crippen molar-refractivity contribution in [1.82, 2.24) is 19.5 Å². The lowest BCUT2D eigenvalue weighted by atomic mass is 9.97. The van der Waals surface area contributed by atoms with Gasteiger partial charge in [-0.15, -0.1) is 0 Å². The van der Waals surface area contributed by atoms with Crippen molar-refractivity contribution in [2.75, 3.05) is 0 Å². The molecule has 3 aromatic heterocycles. The summed E-state index contributed by atoms with van der Waals surface area (Å²) < 4.78 is 1.99. The van der Waals surface area contributed by atoms with Gasteiger partial charge in [0, 0.05) is 47.8 Å². The van der Waals surface area contributed by atoms with Crippen LogP contribution in [0.1, 0.15) is 35.8 Å². The Kier molecular flexibility index (Phi) is 4.40. The molecule has 136 valence electrons. The van der Waals surface area contributed by atoms with E-state index in [1.54, 1.807) is 18.7 Å². The van der Waals surface area contributed by atoms with Crippen LogP contribution in [0, 0.1) is 6.92 Å². The minimum atomic E-state index is 0.0764. The van der Waals surface area contributed by atoms with Crippen LogP contribution in [0.15, 0.2) is 36.9 Å². The maximum atomic E-state index is 12.2. The lowest BCUT2D eigenvalue weighted by molar-refractivity contribution is 0.0977. The monoisotopic (exact) mass is 378 g/mol. The van der Waals surface area contributed by atoms with E-state index >= 15 is 0 Å². The van der Waals surface area contributed by atoms with Crippen LogP contribution in [0.3, 0.4) is 0 Å². The average Bonchev–Trinajstić information content (AvgIpc) is 3.04. The Labute approximate surface area is 162 Å². The Morgan fingerprint density at radius 2 is 1.93 bits per heavy atom. The van der Waals surface area contributed by atoms with Crippen LogP contribution in [0.4, 0.5) is 0 Å². The number of aromatic nitrogens is 4. The topological polar surface area (TPSA) is 60.7 Å². The number of Topliss-reactive ketones (excluding diaryl/α,β-unsaturated/α-hetero) is 1. The number of carbonyl (C=O) groups is 1. The van der Waals surface area contributed by atoms with Crippen molar-refractivity contribution in [3.8, 4) is 11.1 Å². The Morgan fingerprint density at radius 3 is 2.67 bits per heavy atom. The fraction of sp³-hybridized carbons (Fsp3) is 0.238. The zero-order valence-corrected chi connectivity index (χ0v) is 16.2. The van der Waals surface area contributed by atoms with Gasteiger partial charge in [0.2, 0.25) is 0 Å². The van der Waals surface area contributed by atoms with E-state index in [1.165, 1.54) is 0 Å². The molecule has 0 aliphatic carbocycles. The fourth-order valence-corrected chi connectivity index (χ4v) is 3.64. The molecule has 4 aromatic rings. The molecule has 0 fully saturated rings. The lowest BCUT2D eigenvalue weighted by Crippen LogP contribution is -2.02. The summed E-state index contributed by atoms with van der Waals surface area (Å²) in [5, 5.41) is 2.44. The van der Waals surface area contributed by atoms with Crippen molar-refractivity contribution in [2.45, 2.75) is 26.7 Å². The molecule has 0 N–H and O–H groups in total. The van der Waals surface area contributed by atoms with Crippen LogP contribution in [-0.4, -0.2) is 25.3 Å². The normalized spacial score (nSPS) is 11.4. The summed E-state index contributed by atoms with van der Waals surface area (Å²) in [6.45, 7) is 3.99. The molecule has 0 bridgehead atoms. The molecule has 4 rings (SSSR count). The lowest BCUT2D eigenvalue weighted by Gasteiger charge is -2.11. The third-order valence-electron chi connectivity index (χ3n) is 4.81. The number of rotatable bonds is 4. The van der Waals surface area contributed by atoms with E-state index in [9.17, 15) is 4.79 Å². The molecule has 0 radical (unpaired) electrons. The molecule has 0 aliphatic heterocycles. The van der Waals surface area contributed by atoms with Gasteiger partial charge in [0.1, 0.15) is 10.8 Å². The summed E-state index contributed by atoms with van der Waals surface area (Å²) in [4.78, 5) is 25.4. The highest BCUT2D eigenvalue weighted by Crippen LogP contribution is 2.35. The number of halogens is 1. The van der Waals surface area contributed by atoms with E-state index in [0.29, 0.717) is 17.3 Å². The predicted molar refractivity (Wildman–Crippen MR) is 108 cm³/mol. The van der Waals surface area contributed by atoms with Crippen molar-refractivity contribution in [1.29, 1.82) is 0 Å². The van der Waals surface area contributed by atoms with Gasteiger partial charge in [0.05, 0.1) is 17.4 Å². The van der Waals surface area contributed by atoms with E-state index in [1.807, 2.05) is 37.6 Å². The maximum Gasteiger partial charge on any atom is 0.181 e. The molecular formula is C21H19ClN4O. The van der Waals surface area contributed by atoms with Crippen molar-refractivity contribution in [2.24, 2.45) is 7.05 Å². The SMILES string of the molecule is CCCC(=O)c1cc(C)c(-c2cc3cnc(Cl)cc3c3c2ncn3C)cn1. The summed E-state index contributed by atoms with van der Waals surface area (Å²) in [7, 11) is 1.96. The molecule has 3 heterocycles. The molecule has 0 saturated carbocycles. The first-order valence-electron chi connectivity index (χ1n) is 8.89. The Balaban J connectivity index is 1.96. The smallest absolute Gasteiger partial charge is 0.181 e. The van der Waals surface area contributed by atoms with Gasteiger partial charge < -0.3 is 4.57 Å². The second kappa shape index (κ2) is 6.74. The highest BCUT2D eigenvalue weighted by atomic mass is 35.5. The fourth-order valence-electron chi connectivity index (χ4n) is 3.48. The van der Waals surface area contributed by atoms with Crippen LogP contribution in [-0.2, 0) is 7.05 Å². The molecule has 27 heavy (non-hydrogen) atoms. The van der Waals surface area contributed by atoms with Gasteiger partial charge in [-0.05, 0) is 37.1 Å². The Morgan fingerprint density at radius 1 is 1.11 bits per heavy atom. The van der Waals surface area contributed by atoms with Crippen molar-refractivity contribution in [3.05, 3.63) is 53.3 Å². The van der Waals surface area contributed by atoms with Gasteiger partial charge in [-0.3, -0.25) is 9.78 Å². The van der Waals surface area contributed by atoms with Crippen molar-refractivity contribution >= 4 is 39.2 Å². The predicted octanol–water partition coefficient (Wildman–Crippen LogP) is 5.13. The number of nitrogens with zero attached hydrogens (tertiary/aromatic N) is 4. The van der Waals surface area contributed by atoms with E-state index in [0.717, 1.165) is 44.9 Å². The summed E-state index contributed by atoms with van der Waals surface area (Å²) in [6.07, 6.45) is 6.67. The standard InChI is InChI=1S/C21H19ClN4O/c1-4-5-18(27)17-6-12(2)16(10-23-17)15-7-13-9-24-19(22)8-14(13)21-20(15)25-11-26(21)3/h6-11H,4-5H2,1-3H3. The van der Waals surface area contributed by atoms with Crippen LogP contribution >= 0.6 is 11.6 Å². The first-order valence-corrected chi connectivity index (χ1v) is 9.27. The van der Waals surface area contributed by atoms with Gasteiger partial charge >= 0.3 is 0 Å².